The van der Waals surface area contributed by atoms with Crippen LogP contribution in [0.1, 0.15) is 27.2 Å². The summed E-state index contributed by atoms with van der Waals surface area (Å²) in [7, 11) is 0. The highest BCUT2D eigenvalue weighted by Gasteiger charge is 1.98. The van der Waals surface area contributed by atoms with E-state index >= 15 is 0 Å². The average Bonchev–Trinajstić information content (AvgIpc) is 2.08. The van der Waals surface area contributed by atoms with Gasteiger partial charge in [-0.05, 0) is 6.42 Å². The van der Waals surface area contributed by atoms with Crippen LogP contribution >= 0.6 is 12.2 Å². The Morgan fingerprint density at radius 3 is 2.18 bits per heavy atom. The third kappa shape index (κ3) is 10.2. The maximum absolute atomic E-state index is 8.58. The standard InChI is InChI=1S/C5H14N2OS.C2H6/c1-2-4-7(9-8)5-3-6;1-2/h8H,2-6H2,1H3;1-2H3. The summed E-state index contributed by atoms with van der Waals surface area (Å²) in [5.41, 5.74) is 5.27. The van der Waals surface area contributed by atoms with Crippen molar-refractivity contribution in [3.8, 4) is 0 Å². The van der Waals surface area contributed by atoms with Gasteiger partial charge in [0.05, 0.1) is 12.2 Å². The first-order valence-electron chi connectivity index (χ1n) is 4.11. The van der Waals surface area contributed by atoms with Crippen molar-refractivity contribution in [3.05, 3.63) is 0 Å². The molecule has 0 aliphatic rings. The van der Waals surface area contributed by atoms with Crippen LogP contribution < -0.4 is 5.73 Å². The van der Waals surface area contributed by atoms with E-state index in [1.807, 2.05) is 18.2 Å². The van der Waals surface area contributed by atoms with E-state index in [1.165, 1.54) is 0 Å². The molecule has 0 amide bonds. The van der Waals surface area contributed by atoms with E-state index in [4.69, 9.17) is 10.3 Å². The van der Waals surface area contributed by atoms with E-state index < -0.39 is 0 Å². The fourth-order valence-corrected chi connectivity index (χ4v) is 1.04. The van der Waals surface area contributed by atoms with Crippen molar-refractivity contribution in [2.45, 2.75) is 27.2 Å². The van der Waals surface area contributed by atoms with Crippen molar-refractivity contribution in [2.75, 3.05) is 19.6 Å². The van der Waals surface area contributed by atoms with Gasteiger partial charge in [-0.3, -0.25) is 0 Å². The molecule has 0 heterocycles. The highest BCUT2D eigenvalue weighted by molar-refractivity contribution is 7.91. The Morgan fingerprint density at radius 2 is 1.91 bits per heavy atom. The van der Waals surface area contributed by atoms with Gasteiger partial charge in [-0.2, -0.15) is 0 Å². The van der Waals surface area contributed by atoms with Crippen LogP contribution in [-0.4, -0.2) is 28.5 Å². The van der Waals surface area contributed by atoms with E-state index in [0.29, 0.717) is 6.54 Å². The lowest BCUT2D eigenvalue weighted by molar-refractivity contribution is 0.445. The van der Waals surface area contributed by atoms with Crippen LogP contribution in [0, 0.1) is 0 Å². The first-order valence-corrected chi connectivity index (χ1v) is 4.84. The topological polar surface area (TPSA) is 49.5 Å². The molecule has 0 rings (SSSR count). The second kappa shape index (κ2) is 12.9. The summed E-state index contributed by atoms with van der Waals surface area (Å²) < 4.78 is 10.4. The van der Waals surface area contributed by atoms with E-state index in [2.05, 4.69) is 6.92 Å². The molecule has 0 spiro atoms. The van der Waals surface area contributed by atoms with Gasteiger partial charge in [0.25, 0.3) is 0 Å². The number of nitrogens with zero attached hydrogens (tertiary/aromatic N) is 1. The maximum atomic E-state index is 8.58. The third-order valence-electron chi connectivity index (χ3n) is 0.967. The zero-order valence-corrected chi connectivity index (χ0v) is 8.52. The minimum Gasteiger partial charge on any atom is -0.329 e. The van der Waals surface area contributed by atoms with Crippen molar-refractivity contribution in [2.24, 2.45) is 5.73 Å². The Hall–Kier alpha value is 0.230. The Balaban J connectivity index is 0. The third-order valence-corrected chi connectivity index (χ3v) is 1.56. The summed E-state index contributed by atoms with van der Waals surface area (Å²) in [6.45, 7) is 8.33. The minimum atomic E-state index is 0.605. The number of hydrogen-bond donors (Lipinski definition) is 2. The largest absolute Gasteiger partial charge is 0.329 e. The molecule has 0 bridgehead atoms. The Morgan fingerprint density at radius 1 is 1.36 bits per heavy atom. The van der Waals surface area contributed by atoms with Gasteiger partial charge >= 0.3 is 0 Å². The number of hydrogen-bond acceptors (Lipinski definition) is 4. The summed E-state index contributed by atoms with van der Waals surface area (Å²) in [5.74, 6) is 0. The quantitative estimate of drug-likeness (QED) is 0.500. The highest BCUT2D eigenvalue weighted by atomic mass is 32.2. The summed E-state index contributed by atoms with van der Waals surface area (Å²) in [4.78, 5) is 0. The van der Waals surface area contributed by atoms with Gasteiger partial charge in [-0.15, -0.1) is 0 Å². The van der Waals surface area contributed by atoms with Crippen LogP contribution in [0.5, 0.6) is 0 Å². The summed E-state index contributed by atoms with van der Waals surface area (Å²) in [5, 5.41) is 0. The SMILES string of the molecule is CC.CCCN(CCN)SO. The Kier molecular flexibility index (Phi) is 16.1. The molecule has 0 aromatic rings. The van der Waals surface area contributed by atoms with Crippen molar-refractivity contribution in [3.63, 3.8) is 0 Å². The van der Waals surface area contributed by atoms with Crippen molar-refractivity contribution >= 4 is 12.2 Å². The van der Waals surface area contributed by atoms with Gasteiger partial charge in [0.2, 0.25) is 0 Å². The van der Waals surface area contributed by atoms with Crippen molar-refractivity contribution in [1.82, 2.24) is 4.31 Å². The maximum Gasteiger partial charge on any atom is 0.0790 e. The van der Waals surface area contributed by atoms with Gasteiger partial charge in [-0.1, -0.05) is 20.8 Å². The van der Waals surface area contributed by atoms with Crippen LogP contribution in [0.4, 0.5) is 0 Å². The smallest absolute Gasteiger partial charge is 0.0790 e. The summed E-state index contributed by atoms with van der Waals surface area (Å²) in [6, 6.07) is 0. The van der Waals surface area contributed by atoms with Crippen LogP contribution in [-0.2, 0) is 0 Å². The number of nitrogens with two attached hydrogens (primary N) is 1. The molecular formula is C7H20N2OS. The molecular weight excluding hydrogens is 160 g/mol. The van der Waals surface area contributed by atoms with Gasteiger partial charge in [0.15, 0.2) is 0 Å². The molecule has 11 heavy (non-hydrogen) atoms. The van der Waals surface area contributed by atoms with Crippen LogP contribution in [0.3, 0.4) is 0 Å². The molecule has 0 unspecified atom stereocenters. The molecule has 0 fully saturated rings. The molecule has 70 valence electrons. The predicted molar refractivity (Wildman–Crippen MR) is 52.5 cm³/mol. The second-order valence-corrected chi connectivity index (χ2v) is 2.48. The zero-order chi connectivity index (χ0) is 9.11. The molecule has 3 nitrogen and oxygen atoms in total. The van der Waals surface area contributed by atoms with Gasteiger partial charge in [-0.25, -0.2) is 4.31 Å². The molecule has 4 heteroatoms. The molecule has 0 saturated carbocycles. The molecule has 0 atom stereocenters. The van der Waals surface area contributed by atoms with Gasteiger partial charge < -0.3 is 10.3 Å². The van der Waals surface area contributed by atoms with E-state index in [9.17, 15) is 0 Å². The predicted octanol–water partition coefficient (Wildman–Crippen LogP) is 1.80. The lowest BCUT2D eigenvalue weighted by atomic mass is 10.5. The summed E-state index contributed by atoms with van der Waals surface area (Å²) in [6.07, 6.45) is 1.05. The monoisotopic (exact) mass is 180 g/mol. The highest BCUT2D eigenvalue weighted by Crippen LogP contribution is 2.02. The first-order chi connectivity index (χ1) is 5.35. The second-order valence-electron chi connectivity index (χ2n) is 1.80. The van der Waals surface area contributed by atoms with Crippen molar-refractivity contribution in [1.29, 1.82) is 0 Å². The molecule has 3 N–H and O–H groups in total. The fourth-order valence-electron chi connectivity index (χ4n) is 0.587. The summed E-state index contributed by atoms with van der Waals surface area (Å²) >= 11 is 0.772. The fraction of sp³-hybridized carbons (Fsp3) is 1.00. The van der Waals surface area contributed by atoms with E-state index in [0.717, 1.165) is 31.7 Å². The van der Waals surface area contributed by atoms with Crippen LogP contribution in [0.25, 0.3) is 0 Å². The van der Waals surface area contributed by atoms with Gasteiger partial charge in [0, 0.05) is 19.6 Å². The Bertz CT molecular complexity index is 58.4. The lowest BCUT2D eigenvalue weighted by Gasteiger charge is -2.13. The molecule has 0 saturated heterocycles. The Labute approximate surface area is 74.3 Å². The molecule has 0 aromatic heterocycles. The van der Waals surface area contributed by atoms with Crippen molar-refractivity contribution < 1.29 is 4.55 Å². The van der Waals surface area contributed by atoms with Gasteiger partial charge in [0.1, 0.15) is 0 Å². The van der Waals surface area contributed by atoms with E-state index in [1.54, 1.807) is 0 Å². The average molecular weight is 180 g/mol. The van der Waals surface area contributed by atoms with Crippen LogP contribution in [0.2, 0.25) is 0 Å². The lowest BCUT2D eigenvalue weighted by Crippen LogP contribution is -2.23. The first kappa shape index (κ1) is 13.8. The van der Waals surface area contributed by atoms with E-state index in [-0.39, 0.29) is 0 Å². The molecule has 0 aliphatic carbocycles. The minimum absolute atomic E-state index is 0.605. The zero-order valence-electron chi connectivity index (χ0n) is 7.71. The molecule has 0 aromatic carbocycles. The van der Waals surface area contributed by atoms with Crippen LogP contribution in [0.15, 0.2) is 0 Å². The number of rotatable bonds is 5. The normalized spacial score (nSPS) is 9.27. The molecule has 0 aliphatic heterocycles. The molecule has 0 radical (unpaired) electrons.